The monoisotopic (exact) mass is 253 g/mol. The van der Waals surface area contributed by atoms with Gasteiger partial charge in [0.25, 0.3) is 0 Å². The maximum Gasteiger partial charge on any atom is 0.573 e. The lowest BCUT2D eigenvalue weighted by Crippen LogP contribution is -2.18. The van der Waals surface area contributed by atoms with Crippen molar-refractivity contribution in [2.75, 3.05) is 6.54 Å². The summed E-state index contributed by atoms with van der Waals surface area (Å²) in [6, 6.07) is 3.12. The van der Waals surface area contributed by atoms with Crippen molar-refractivity contribution in [3.8, 4) is 5.75 Å². The molecule has 0 heterocycles. The van der Waals surface area contributed by atoms with Crippen LogP contribution >= 0.6 is 11.6 Å². The van der Waals surface area contributed by atoms with Crippen LogP contribution in [-0.4, -0.2) is 18.7 Å². The Kier molecular flexibility index (Phi) is 3.77. The Morgan fingerprint density at radius 1 is 1.38 bits per heavy atom. The largest absolute Gasteiger partial charge is 0.573 e. The van der Waals surface area contributed by atoms with Crippen LogP contribution in [0.3, 0.4) is 0 Å². The van der Waals surface area contributed by atoms with Crippen molar-refractivity contribution >= 4 is 17.4 Å². The number of ketones is 1. The van der Waals surface area contributed by atoms with Gasteiger partial charge in [0.05, 0.1) is 6.54 Å². The summed E-state index contributed by atoms with van der Waals surface area (Å²) in [5.74, 6) is -1.06. The van der Waals surface area contributed by atoms with E-state index in [-0.39, 0.29) is 17.1 Å². The zero-order valence-electron chi connectivity index (χ0n) is 7.84. The smallest absolute Gasteiger partial charge is 0.406 e. The van der Waals surface area contributed by atoms with E-state index in [2.05, 4.69) is 4.74 Å². The van der Waals surface area contributed by atoms with Crippen molar-refractivity contribution < 1.29 is 22.7 Å². The predicted molar refractivity (Wildman–Crippen MR) is 51.5 cm³/mol. The van der Waals surface area contributed by atoms with E-state index in [0.717, 1.165) is 12.1 Å². The molecule has 0 bridgehead atoms. The first kappa shape index (κ1) is 12.8. The first-order valence-corrected chi connectivity index (χ1v) is 4.49. The van der Waals surface area contributed by atoms with Crippen LogP contribution < -0.4 is 10.5 Å². The number of benzene rings is 1. The average Bonchev–Trinajstić information content (AvgIpc) is 2.12. The summed E-state index contributed by atoms with van der Waals surface area (Å²) in [5, 5.41) is -0.0291. The van der Waals surface area contributed by atoms with Gasteiger partial charge >= 0.3 is 6.36 Å². The van der Waals surface area contributed by atoms with Gasteiger partial charge in [-0.15, -0.1) is 13.2 Å². The topological polar surface area (TPSA) is 52.3 Å². The minimum absolute atomic E-state index is 0.0192. The van der Waals surface area contributed by atoms with Gasteiger partial charge in [0.15, 0.2) is 5.78 Å². The third kappa shape index (κ3) is 3.71. The number of carbonyl (C=O) groups excluding carboxylic acids is 1. The molecule has 1 aromatic carbocycles. The molecular weight excluding hydrogens is 247 g/mol. The van der Waals surface area contributed by atoms with Gasteiger partial charge in [-0.1, -0.05) is 11.6 Å². The molecule has 0 aliphatic carbocycles. The van der Waals surface area contributed by atoms with Gasteiger partial charge < -0.3 is 10.5 Å². The lowest BCUT2D eigenvalue weighted by molar-refractivity contribution is -0.274. The molecule has 0 aromatic heterocycles. The summed E-state index contributed by atoms with van der Waals surface area (Å²) in [4.78, 5) is 11.2. The number of halogens is 4. The number of alkyl halides is 3. The van der Waals surface area contributed by atoms with Crippen LogP contribution in [0.25, 0.3) is 0 Å². The molecule has 88 valence electrons. The maximum atomic E-state index is 11.9. The second-order valence-electron chi connectivity index (χ2n) is 2.85. The molecule has 0 spiro atoms. The highest BCUT2D eigenvalue weighted by Gasteiger charge is 2.31. The van der Waals surface area contributed by atoms with Gasteiger partial charge in [-0.2, -0.15) is 0 Å². The number of hydrogen-bond donors (Lipinski definition) is 1. The van der Waals surface area contributed by atoms with Crippen LogP contribution in [0, 0.1) is 0 Å². The Morgan fingerprint density at radius 3 is 2.50 bits per heavy atom. The third-order valence-corrected chi connectivity index (χ3v) is 1.83. The molecule has 2 N–H and O–H groups in total. The van der Waals surface area contributed by atoms with Gasteiger partial charge in [0, 0.05) is 10.6 Å². The van der Waals surface area contributed by atoms with Crippen molar-refractivity contribution in [3.05, 3.63) is 28.8 Å². The minimum atomic E-state index is -4.83. The zero-order valence-corrected chi connectivity index (χ0v) is 8.60. The molecule has 7 heteroatoms. The van der Waals surface area contributed by atoms with Crippen molar-refractivity contribution in [2.45, 2.75) is 6.36 Å². The Bertz CT molecular complexity index is 406. The van der Waals surface area contributed by atoms with Gasteiger partial charge in [-0.05, 0) is 18.2 Å². The molecule has 0 radical (unpaired) electrons. The molecule has 1 rings (SSSR count). The number of carbonyl (C=O) groups is 1. The minimum Gasteiger partial charge on any atom is -0.406 e. The highest BCUT2D eigenvalue weighted by Crippen LogP contribution is 2.27. The zero-order chi connectivity index (χ0) is 12.3. The van der Waals surface area contributed by atoms with E-state index in [1.165, 1.54) is 6.07 Å². The van der Waals surface area contributed by atoms with Gasteiger partial charge in [0.1, 0.15) is 5.75 Å². The predicted octanol–water partition coefficient (Wildman–Crippen LogP) is 2.38. The van der Waals surface area contributed by atoms with E-state index in [1.807, 2.05) is 0 Å². The highest BCUT2D eigenvalue weighted by molar-refractivity contribution is 6.31. The normalized spacial score (nSPS) is 11.3. The molecule has 0 saturated carbocycles. The number of ether oxygens (including phenoxy) is 1. The van der Waals surface area contributed by atoms with Crippen LogP contribution in [0.4, 0.5) is 13.2 Å². The fourth-order valence-electron chi connectivity index (χ4n) is 1.03. The van der Waals surface area contributed by atoms with Gasteiger partial charge in [-0.3, -0.25) is 4.79 Å². The van der Waals surface area contributed by atoms with E-state index in [0.29, 0.717) is 0 Å². The second-order valence-corrected chi connectivity index (χ2v) is 3.29. The summed E-state index contributed by atoms with van der Waals surface area (Å²) in [7, 11) is 0. The quantitative estimate of drug-likeness (QED) is 0.842. The summed E-state index contributed by atoms with van der Waals surface area (Å²) in [6.45, 7) is -0.314. The molecule has 0 unspecified atom stereocenters. The van der Waals surface area contributed by atoms with Crippen LogP contribution in [0.1, 0.15) is 10.4 Å². The Balaban J connectivity index is 3.03. The second kappa shape index (κ2) is 4.71. The summed E-state index contributed by atoms with van der Waals surface area (Å²) >= 11 is 5.54. The van der Waals surface area contributed by atoms with E-state index < -0.39 is 17.9 Å². The summed E-state index contributed by atoms with van der Waals surface area (Å²) in [6.07, 6.45) is -4.83. The lowest BCUT2D eigenvalue weighted by Gasteiger charge is -2.10. The molecule has 3 nitrogen and oxygen atoms in total. The van der Waals surface area contributed by atoms with E-state index in [4.69, 9.17) is 17.3 Å². The van der Waals surface area contributed by atoms with Crippen LogP contribution in [0.5, 0.6) is 5.75 Å². The number of rotatable bonds is 3. The molecule has 0 aliphatic rings. The van der Waals surface area contributed by atoms with E-state index >= 15 is 0 Å². The molecule has 16 heavy (non-hydrogen) atoms. The van der Waals surface area contributed by atoms with Gasteiger partial charge in [-0.25, -0.2) is 0 Å². The lowest BCUT2D eigenvalue weighted by atomic mass is 10.1. The summed E-state index contributed by atoms with van der Waals surface area (Å²) in [5.41, 5.74) is 5.06. The van der Waals surface area contributed by atoms with Crippen molar-refractivity contribution in [3.63, 3.8) is 0 Å². The van der Waals surface area contributed by atoms with Crippen LogP contribution in [-0.2, 0) is 0 Å². The fraction of sp³-hybridized carbons (Fsp3) is 0.222. The highest BCUT2D eigenvalue weighted by atomic mass is 35.5. The number of nitrogens with two attached hydrogens (primary N) is 1. The molecule has 0 aliphatic heterocycles. The molecule has 1 aromatic rings. The Morgan fingerprint density at radius 2 is 2.00 bits per heavy atom. The molecule has 0 amide bonds. The van der Waals surface area contributed by atoms with E-state index in [1.54, 1.807) is 0 Å². The SMILES string of the molecule is NCC(=O)c1cc(Cl)cc(OC(F)(F)F)c1. The first-order valence-electron chi connectivity index (χ1n) is 4.11. The standard InChI is InChI=1S/C9H7ClF3NO2/c10-6-1-5(8(15)4-14)2-7(3-6)16-9(11,12)13/h1-3H,4,14H2. The maximum absolute atomic E-state index is 11.9. The van der Waals surface area contributed by atoms with E-state index in [9.17, 15) is 18.0 Å². The fourth-order valence-corrected chi connectivity index (χ4v) is 1.26. The summed E-state index contributed by atoms with van der Waals surface area (Å²) < 4.78 is 39.4. The molecule has 0 saturated heterocycles. The Hall–Kier alpha value is -1.27. The van der Waals surface area contributed by atoms with Crippen molar-refractivity contribution in [1.82, 2.24) is 0 Å². The van der Waals surface area contributed by atoms with Crippen molar-refractivity contribution in [1.29, 1.82) is 0 Å². The van der Waals surface area contributed by atoms with Crippen molar-refractivity contribution in [2.24, 2.45) is 5.73 Å². The van der Waals surface area contributed by atoms with Gasteiger partial charge in [0.2, 0.25) is 0 Å². The number of Topliss-reactive ketones (excluding diaryl/α,β-unsaturated/α-hetero) is 1. The molecule has 0 fully saturated rings. The molecule has 0 atom stereocenters. The number of hydrogen-bond acceptors (Lipinski definition) is 3. The van der Waals surface area contributed by atoms with Crippen LogP contribution in [0.15, 0.2) is 18.2 Å². The van der Waals surface area contributed by atoms with Crippen LogP contribution in [0.2, 0.25) is 5.02 Å². The Labute approximate surface area is 93.9 Å². The third-order valence-electron chi connectivity index (χ3n) is 1.61. The molecular formula is C9H7ClF3NO2. The first-order chi connectivity index (χ1) is 7.31. The average molecular weight is 254 g/mol.